The molecule has 0 heterocycles. The van der Waals surface area contributed by atoms with Crippen LogP contribution in [0.3, 0.4) is 0 Å². The quantitative estimate of drug-likeness (QED) is 0.375. The molecule has 1 saturated carbocycles. The van der Waals surface area contributed by atoms with Gasteiger partial charge in [-0.2, -0.15) is 0 Å². The summed E-state index contributed by atoms with van der Waals surface area (Å²) in [6.45, 7) is 0. The van der Waals surface area contributed by atoms with Crippen molar-refractivity contribution in [1.29, 1.82) is 0 Å². The van der Waals surface area contributed by atoms with Gasteiger partial charge in [0, 0.05) is 10.9 Å². The van der Waals surface area contributed by atoms with Crippen LogP contribution in [0.2, 0.25) is 0 Å². The number of thioether (sulfide) groups is 1. The minimum absolute atomic E-state index is 0.312. The summed E-state index contributed by atoms with van der Waals surface area (Å²) in [5.74, 6) is 6.54. The van der Waals surface area contributed by atoms with Gasteiger partial charge in [0.05, 0.1) is 0 Å². The summed E-state index contributed by atoms with van der Waals surface area (Å²) >= 11 is 1.81. The second-order valence-corrected chi connectivity index (χ2v) is 5.99. The molecule has 1 aliphatic carbocycles. The lowest BCUT2D eigenvalue weighted by atomic mass is 9.87. The molecule has 0 aliphatic heterocycles. The van der Waals surface area contributed by atoms with Crippen molar-refractivity contribution in [3.05, 3.63) is 29.8 Å². The molecule has 1 atom stereocenters. The number of hydrazine groups is 1. The Morgan fingerprint density at radius 1 is 1.17 bits per heavy atom. The van der Waals surface area contributed by atoms with E-state index in [1.54, 1.807) is 0 Å². The van der Waals surface area contributed by atoms with Crippen molar-refractivity contribution < 1.29 is 0 Å². The van der Waals surface area contributed by atoms with Crippen molar-refractivity contribution >= 4 is 11.8 Å². The predicted molar refractivity (Wildman–Crippen MR) is 79.5 cm³/mol. The molecule has 3 heteroatoms. The van der Waals surface area contributed by atoms with E-state index in [0.717, 1.165) is 0 Å². The Morgan fingerprint density at radius 2 is 1.83 bits per heavy atom. The average Bonchev–Trinajstić information content (AvgIpc) is 2.69. The van der Waals surface area contributed by atoms with E-state index in [1.807, 2.05) is 11.8 Å². The van der Waals surface area contributed by atoms with Gasteiger partial charge in [-0.15, -0.1) is 11.8 Å². The summed E-state index contributed by atoms with van der Waals surface area (Å²) < 4.78 is 0. The normalized spacial score (nSPS) is 19.4. The van der Waals surface area contributed by atoms with Gasteiger partial charge in [0.15, 0.2) is 0 Å². The highest BCUT2D eigenvalue weighted by atomic mass is 32.2. The van der Waals surface area contributed by atoms with E-state index >= 15 is 0 Å². The van der Waals surface area contributed by atoms with Crippen LogP contribution in [0, 0.1) is 5.92 Å². The number of benzene rings is 1. The fraction of sp³-hybridized carbons (Fsp3) is 0.600. The van der Waals surface area contributed by atoms with E-state index in [-0.39, 0.29) is 0 Å². The summed E-state index contributed by atoms with van der Waals surface area (Å²) in [4.78, 5) is 1.35. The van der Waals surface area contributed by atoms with Gasteiger partial charge in [-0.3, -0.25) is 11.3 Å². The van der Waals surface area contributed by atoms with Gasteiger partial charge in [0.25, 0.3) is 0 Å². The molecule has 1 aromatic rings. The molecule has 1 unspecified atom stereocenters. The standard InChI is InChI=1S/C15H24N2S/c1-18-14-11-7-6-10-13(14)15(17-16)12-8-4-2-3-5-9-12/h6-7,10-12,15,17H,2-5,8-9,16H2,1H3. The zero-order valence-electron chi connectivity index (χ0n) is 11.2. The molecule has 1 aliphatic rings. The average molecular weight is 264 g/mol. The first-order chi connectivity index (χ1) is 8.86. The van der Waals surface area contributed by atoms with Gasteiger partial charge in [-0.25, -0.2) is 0 Å². The monoisotopic (exact) mass is 264 g/mol. The number of rotatable bonds is 4. The second kappa shape index (κ2) is 7.17. The molecule has 18 heavy (non-hydrogen) atoms. The highest BCUT2D eigenvalue weighted by Crippen LogP contribution is 2.36. The van der Waals surface area contributed by atoms with E-state index in [0.29, 0.717) is 12.0 Å². The van der Waals surface area contributed by atoms with Crippen LogP contribution in [0.1, 0.15) is 50.1 Å². The van der Waals surface area contributed by atoms with E-state index in [2.05, 4.69) is 35.9 Å². The highest BCUT2D eigenvalue weighted by molar-refractivity contribution is 7.98. The predicted octanol–water partition coefficient (Wildman–Crippen LogP) is 3.88. The molecular formula is C15H24N2S. The summed E-state index contributed by atoms with van der Waals surface area (Å²) in [5.41, 5.74) is 4.45. The maximum atomic E-state index is 5.85. The third kappa shape index (κ3) is 3.28. The molecule has 0 amide bonds. The van der Waals surface area contributed by atoms with Gasteiger partial charge in [0.2, 0.25) is 0 Å². The molecular weight excluding hydrogens is 240 g/mol. The first kappa shape index (κ1) is 13.9. The Bertz CT molecular complexity index is 359. The lowest BCUT2D eigenvalue weighted by Crippen LogP contribution is -2.33. The third-order valence-electron chi connectivity index (χ3n) is 4.02. The van der Waals surface area contributed by atoms with Crippen LogP contribution in [-0.2, 0) is 0 Å². The van der Waals surface area contributed by atoms with Gasteiger partial charge in [0.1, 0.15) is 0 Å². The van der Waals surface area contributed by atoms with Gasteiger partial charge in [-0.1, -0.05) is 43.9 Å². The molecule has 3 N–H and O–H groups in total. The Kier molecular flexibility index (Phi) is 5.54. The van der Waals surface area contributed by atoms with Crippen LogP contribution in [0.15, 0.2) is 29.2 Å². The Balaban J connectivity index is 2.20. The molecule has 1 fully saturated rings. The maximum absolute atomic E-state index is 5.85. The second-order valence-electron chi connectivity index (χ2n) is 5.14. The zero-order valence-corrected chi connectivity index (χ0v) is 12.0. The van der Waals surface area contributed by atoms with Crippen LogP contribution >= 0.6 is 11.8 Å². The highest BCUT2D eigenvalue weighted by Gasteiger charge is 2.24. The van der Waals surface area contributed by atoms with Crippen molar-refractivity contribution in [2.24, 2.45) is 11.8 Å². The fourth-order valence-corrected chi connectivity index (χ4v) is 3.69. The number of hydrogen-bond donors (Lipinski definition) is 2. The summed E-state index contributed by atoms with van der Waals surface area (Å²) in [7, 11) is 0. The topological polar surface area (TPSA) is 38.0 Å². The minimum atomic E-state index is 0.312. The lowest BCUT2D eigenvalue weighted by Gasteiger charge is -2.27. The fourth-order valence-electron chi connectivity index (χ4n) is 3.05. The first-order valence-corrected chi connectivity index (χ1v) is 8.18. The third-order valence-corrected chi connectivity index (χ3v) is 4.84. The minimum Gasteiger partial charge on any atom is -0.271 e. The first-order valence-electron chi connectivity index (χ1n) is 6.96. The molecule has 1 aromatic carbocycles. The number of hydrogen-bond acceptors (Lipinski definition) is 3. The molecule has 0 saturated heterocycles. The van der Waals surface area contributed by atoms with Gasteiger partial charge < -0.3 is 0 Å². The molecule has 0 bridgehead atoms. The van der Waals surface area contributed by atoms with Crippen molar-refractivity contribution in [1.82, 2.24) is 5.43 Å². The lowest BCUT2D eigenvalue weighted by molar-refractivity contribution is 0.326. The SMILES string of the molecule is CSc1ccccc1C(NN)C1CCCCCC1. The van der Waals surface area contributed by atoms with Gasteiger partial charge in [-0.05, 0) is 36.6 Å². The van der Waals surface area contributed by atoms with Crippen LogP contribution in [0.5, 0.6) is 0 Å². The maximum Gasteiger partial charge on any atom is 0.0499 e. The van der Waals surface area contributed by atoms with E-state index < -0.39 is 0 Å². The molecule has 2 rings (SSSR count). The van der Waals surface area contributed by atoms with Crippen LogP contribution in [-0.4, -0.2) is 6.26 Å². The molecule has 2 nitrogen and oxygen atoms in total. The van der Waals surface area contributed by atoms with E-state index in [4.69, 9.17) is 5.84 Å². The van der Waals surface area contributed by atoms with Gasteiger partial charge >= 0.3 is 0 Å². The number of nitrogens with one attached hydrogen (secondary N) is 1. The molecule has 0 spiro atoms. The van der Waals surface area contributed by atoms with Crippen LogP contribution in [0.25, 0.3) is 0 Å². The van der Waals surface area contributed by atoms with Crippen molar-refractivity contribution in [2.75, 3.05) is 6.26 Å². The van der Waals surface area contributed by atoms with Crippen LogP contribution in [0.4, 0.5) is 0 Å². The molecule has 0 aromatic heterocycles. The summed E-state index contributed by atoms with van der Waals surface area (Å²) in [6.07, 6.45) is 10.2. The van der Waals surface area contributed by atoms with Crippen molar-refractivity contribution in [3.8, 4) is 0 Å². The Morgan fingerprint density at radius 3 is 2.44 bits per heavy atom. The smallest absolute Gasteiger partial charge is 0.0499 e. The van der Waals surface area contributed by atoms with Crippen LogP contribution < -0.4 is 11.3 Å². The molecule has 100 valence electrons. The van der Waals surface area contributed by atoms with Crippen molar-refractivity contribution in [3.63, 3.8) is 0 Å². The Hall–Kier alpha value is -0.510. The number of nitrogens with two attached hydrogens (primary N) is 1. The van der Waals surface area contributed by atoms with Crippen molar-refractivity contribution in [2.45, 2.75) is 49.5 Å². The Labute approximate surface area is 115 Å². The summed E-state index contributed by atoms with van der Waals surface area (Å²) in [5, 5.41) is 0. The zero-order chi connectivity index (χ0) is 12.8. The largest absolute Gasteiger partial charge is 0.271 e. The van der Waals surface area contributed by atoms with E-state index in [9.17, 15) is 0 Å². The summed E-state index contributed by atoms with van der Waals surface area (Å²) in [6, 6.07) is 8.96. The van der Waals surface area contributed by atoms with E-state index in [1.165, 1.54) is 49.0 Å². The molecule has 0 radical (unpaired) electrons.